The van der Waals surface area contributed by atoms with Crippen molar-refractivity contribution in [3.05, 3.63) is 72.1 Å². The van der Waals surface area contributed by atoms with Crippen molar-refractivity contribution in [2.75, 3.05) is 6.54 Å². The van der Waals surface area contributed by atoms with Gasteiger partial charge in [-0.2, -0.15) is 0 Å². The van der Waals surface area contributed by atoms with E-state index in [-0.39, 0.29) is 11.9 Å². The molecule has 4 rings (SSSR count). The molecule has 1 atom stereocenters. The molecule has 1 aliphatic rings. The topological polar surface area (TPSA) is 73.9 Å². The highest BCUT2D eigenvalue weighted by atomic mass is 16.2. The summed E-state index contributed by atoms with van der Waals surface area (Å²) < 4.78 is 0. The number of allylic oxidation sites excluding steroid dienone is 1. The minimum Gasteiger partial charge on any atom is -0.384 e. The Morgan fingerprint density at radius 1 is 1.29 bits per heavy atom. The molecular formula is C22H25N5O. The maximum absolute atomic E-state index is 13.2. The van der Waals surface area contributed by atoms with Crippen LogP contribution >= 0.6 is 0 Å². The van der Waals surface area contributed by atoms with Gasteiger partial charge in [0.15, 0.2) is 0 Å². The molecule has 6 heteroatoms. The van der Waals surface area contributed by atoms with E-state index < -0.39 is 0 Å². The summed E-state index contributed by atoms with van der Waals surface area (Å²) >= 11 is 0. The highest BCUT2D eigenvalue weighted by molar-refractivity contribution is 5.98. The van der Waals surface area contributed by atoms with E-state index in [1.807, 2.05) is 54.5 Å². The number of aromatic amines is 1. The Labute approximate surface area is 164 Å². The molecule has 0 aliphatic heterocycles. The number of nitrogens with zero attached hydrogens (tertiary/aromatic N) is 3. The zero-order valence-electron chi connectivity index (χ0n) is 16.1. The molecule has 3 aromatic rings. The molecule has 0 fully saturated rings. The first kappa shape index (κ1) is 18.2. The van der Waals surface area contributed by atoms with Gasteiger partial charge in [0.2, 0.25) is 0 Å². The summed E-state index contributed by atoms with van der Waals surface area (Å²) in [6.45, 7) is 3.41. The number of nitrogens with one attached hydrogen (secondary N) is 2. The fourth-order valence-electron chi connectivity index (χ4n) is 3.80. The van der Waals surface area contributed by atoms with Crippen molar-refractivity contribution in [3.63, 3.8) is 0 Å². The lowest BCUT2D eigenvalue weighted by atomic mass is 9.98. The van der Waals surface area contributed by atoms with E-state index in [9.17, 15) is 4.79 Å². The predicted octanol–water partition coefficient (Wildman–Crippen LogP) is 3.65. The van der Waals surface area contributed by atoms with Crippen LogP contribution in [0.4, 0.5) is 0 Å². The number of carbonyl (C=O) groups excluding carboxylic acids is 1. The molecule has 2 N–H and O–H groups in total. The second kappa shape index (κ2) is 8.25. The zero-order chi connectivity index (χ0) is 19.3. The van der Waals surface area contributed by atoms with Gasteiger partial charge in [-0.3, -0.25) is 4.79 Å². The van der Waals surface area contributed by atoms with Crippen LogP contribution in [-0.4, -0.2) is 38.3 Å². The van der Waals surface area contributed by atoms with Crippen LogP contribution in [0.15, 0.2) is 60.8 Å². The van der Waals surface area contributed by atoms with Gasteiger partial charge in [0, 0.05) is 47.6 Å². The summed E-state index contributed by atoms with van der Waals surface area (Å²) in [4.78, 5) is 26.5. The summed E-state index contributed by atoms with van der Waals surface area (Å²) in [6.07, 6.45) is 10.4. The molecule has 0 spiro atoms. The molecule has 2 aromatic heterocycles. The number of likely N-dealkylation sites (N-methyl/N-ethyl adjacent to an activating group) is 1. The molecule has 0 bridgehead atoms. The highest BCUT2D eigenvalue weighted by Gasteiger charge is 2.25. The third-order valence-corrected chi connectivity index (χ3v) is 5.24. The van der Waals surface area contributed by atoms with Crippen LogP contribution in [0, 0.1) is 0 Å². The first-order valence-corrected chi connectivity index (χ1v) is 9.82. The van der Waals surface area contributed by atoms with E-state index in [0.717, 1.165) is 35.7 Å². The number of aromatic nitrogens is 3. The molecule has 0 saturated carbocycles. The summed E-state index contributed by atoms with van der Waals surface area (Å²) in [7, 11) is 0. The van der Waals surface area contributed by atoms with Crippen molar-refractivity contribution in [1.82, 2.24) is 25.2 Å². The molecule has 6 nitrogen and oxygen atoms in total. The van der Waals surface area contributed by atoms with Crippen LogP contribution < -0.4 is 5.32 Å². The van der Waals surface area contributed by atoms with E-state index in [1.54, 1.807) is 0 Å². The zero-order valence-corrected chi connectivity index (χ0v) is 16.1. The van der Waals surface area contributed by atoms with Gasteiger partial charge in [0.1, 0.15) is 12.0 Å². The van der Waals surface area contributed by atoms with Crippen LogP contribution in [0.1, 0.15) is 42.2 Å². The SMILES string of the molecule is CCN(C(=O)c1cc2ccccc2[nH]1)[C@@H]1C=C(NCc2cncnc2)CCC1. The van der Waals surface area contributed by atoms with Crippen molar-refractivity contribution < 1.29 is 4.79 Å². The Kier molecular flexibility index (Phi) is 5.37. The van der Waals surface area contributed by atoms with Crippen LogP contribution in [0.2, 0.25) is 0 Å². The lowest BCUT2D eigenvalue weighted by molar-refractivity contribution is 0.0706. The smallest absolute Gasteiger partial charge is 0.270 e. The van der Waals surface area contributed by atoms with Gasteiger partial charge < -0.3 is 15.2 Å². The minimum atomic E-state index is 0.0534. The molecule has 0 unspecified atom stereocenters. The molecule has 1 amide bonds. The second-order valence-corrected chi connectivity index (χ2v) is 7.11. The van der Waals surface area contributed by atoms with Crippen molar-refractivity contribution in [3.8, 4) is 0 Å². The predicted molar refractivity (Wildman–Crippen MR) is 110 cm³/mol. The number of amides is 1. The lowest BCUT2D eigenvalue weighted by Gasteiger charge is -2.32. The summed E-state index contributed by atoms with van der Waals surface area (Å²) in [5, 5.41) is 4.55. The molecular weight excluding hydrogens is 350 g/mol. The van der Waals surface area contributed by atoms with Crippen molar-refractivity contribution >= 4 is 16.8 Å². The summed E-state index contributed by atoms with van der Waals surface area (Å²) in [6, 6.07) is 10.0. The highest BCUT2D eigenvalue weighted by Crippen LogP contribution is 2.23. The number of fused-ring (bicyclic) bond motifs is 1. The van der Waals surface area contributed by atoms with Gasteiger partial charge in [-0.1, -0.05) is 18.2 Å². The molecule has 0 saturated heterocycles. The average Bonchev–Trinajstić information content (AvgIpc) is 3.18. The van der Waals surface area contributed by atoms with Gasteiger partial charge in [0.25, 0.3) is 5.91 Å². The number of H-pyrrole nitrogens is 1. The maximum Gasteiger partial charge on any atom is 0.270 e. The van der Waals surface area contributed by atoms with Crippen LogP contribution in [-0.2, 0) is 6.54 Å². The maximum atomic E-state index is 13.2. The van der Waals surface area contributed by atoms with E-state index >= 15 is 0 Å². The molecule has 1 aliphatic carbocycles. The quantitative estimate of drug-likeness (QED) is 0.690. The first-order chi connectivity index (χ1) is 13.7. The number of hydrogen-bond acceptors (Lipinski definition) is 4. The molecule has 144 valence electrons. The summed E-state index contributed by atoms with van der Waals surface area (Å²) in [5.41, 5.74) is 3.88. The molecule has 0 radical (unpaired) electrons. The van der Waals surface area contributed by atoms with E-state index in [4.69, 9.17) is 0 Å². The van der Waals surface area contributed by atoms with Crippen LogP contribution in [0.25, 0.3) is 10.9 Å². The van der Waals surface area contributed by atoms with Gasteiger partial charge >= 0.3 is 0 Å². The minimum absolute atomic E-state index is 0.0534. The van der Waals surface area contributed by atoms with Gasteiger partial charge in [0.05, 0.1) is 6.04 Å². The normalized spacial score (nSPS) is 16.6. The number of para-hydroxylation sites is 1. The van der Waals surface area contributed by atoms with Crippen LogP contribution in [0.3, 0.4) is 0 Å². The van der Waals surface area contributed by atoms with E-state index in [0.29, 0.717) is 18.8 Å². The number of carbonyl (C=O) groups is 1. The number of rotatable bonds is 6. The van der Waals surface area contributed by atoms with Gasteiger partial charge in [-0.15, -0.1) is 0 Å². The van der Waals surface area contributed by atoms with Gasteiger partial charge in [-0.25, -0.2) is 9.97 Å². The summed E-state index contributed by atoms with van der Waals surface area (Å²) in [5.74, 6) is 0.0534. The van der Waals surface area contributed by atoms with E-state index in [2.05, 4.69) is 26.3 Å². The first-order valence-electron chi connectivity index (χ1n) is 9.82. The molecule has 28 heavy (non-hydrogen) atoms. The van der Waals surface area contributed by atoms with Gasteiger partial charge in [-0.05, 0) is 44.4 Å². The Morgan fingerprint density at radius 3 is 2.89 bits per heavy atom. The lowest BCUT2D eigenvalue weighted by Crippen LogP contribution is -2.41. The standard InChI is InChI=1S/C22H25N5O/c1-2-27(22(28)21-10-17-6-3-4-9-20(17)26-21)19-8-5-7-18(11-19)25-14-16-12-23-15-24-13-16/h3-4,6,9-13,15,19,25-26H,2,5,7-8,14H2,1H3/t19-/m0/s1. The van der Waals surface area contributed by atoms with Crippen molar-refractivity contribution in [2.45, 2.75) is 38.8 Å². The number of hydrogen-bond donors (Lipinski definition) is 2. The van der Waals surface area contributed by atoms with Crippen molar-refractivity contribution in [2.24, 2.45) is 0 Å². The van der Waals surface area contributed by atoms with Crippen molar-refractivity contribution in [1.29, 1.82) is 0 Å². The third-order valence-electron chi connectivity index (χ3n) is 5.24. The number of benzene rings is 1. The van der Waals surface area contributed by atoms with Crippen LogP contribution in [0.5, 0.6) is 0 Å². The fraction of sp³-hybridized carbons (Fsp3) is 0.318. The Morgan fingerprint density at radius 2 is 2.11 bits per heavy atom. The molecule has 1 aromatic carbocycles. The monoisotopic (exact) mass is 375 g/mol. The average molecular weight is 375 g/mol. The fourth-order valence-corrected chi connectivity index (χ4v) is 3.80. The van der Waals surface area contributed by atoms with E-state index in [1.165, 1.54) is 12.0 Å². The Bertz CT molecular complexity index is 946. The Balaban J connectivity index is 1.49. The largest absolute Gasteiger partial charge is 0.384 e. The third kappa shape index (κ3) is 3.91. The second-order valence-electron chi connectivity index (χ2n) is 7.11. The molecule has 2 heterocycles. The Hall–Kier alpha value is -3.15.